The van der Waals surface area contributed by atoms with Gasteiger partial charge in [0.15, 0.2) is 0 Å². The minimum atomic E-state index is -0.876. The van der Waals surface area contributed by atoms with Gasteiger partial charge in [0.25, 0.3) is 0 Å². The molecule has 3 aromatic rings. The molecular weight excluding hydrogens is 528 g/mol. The van der Waals surface area contributed by atoms with E-state index in [1.807, 2.05) is 63.2 Å². The number of aryl methyl sites for hydroxylation is 2. The molecule has 2 aromatic carbocycles. The van der Waals surface area contributed by atoms with Crippen LogP contribution >= 0.6 is 0 Å². The number of anilines is 2. The number of hydrogen-bond acceptors (Lipinski definition) is 5. The highest BCUT2D eigenvalue weighted by molar-refractivity contribution is 6.01. The quantitative estimate of drug-likeness (QED) is 0.261. The van der Waals surface area contributed by atoms with Crippen LogP contribution in [0.4, 0.5) is 11.5 Å². The van der Waals surface area contributed by atoms with E-state index in [9.17, 15) is 14.4 Å². The number of hydrogen-bond donors (Lipinski definition) is 2. The number of nitrogens with one attached hydrogen (secondary N) is 2. The lowest BCUT2D eigenvalue weighted by molar-refractivity contribution is -0.127. The lowest BCUT2D eigenvalue weighted by atomic mass is 9.94. The molecular formula is C34H42N4O4. The molecule has 1 aliphatic rings. The number of rotatable bonds is 12. The number of benzene rings is 2. The molecule has 0 aliphatic heterocycles. The van der Waals surface area contributed by atoms with Crippen molar-refractivity contribution in [3.63, 3.8) is 0 Å². The van der Waals surface area contributed by atoms with Crippen LogP contribution in [0.3, 0.4) is 0 Å². The molecule has 1 heterocycles. The predicted octanol–water partition coefficient (Wildman–Crippen LogP) is 6.43. The molecule has 1 fully saturated rings. The van der Waals surface area contributed by atoms with Gasteiger partial charge in [0.05, 0.1) is 6.61 Å². The lowest BCUT2D eigenvalue weighted by Crippen LogP contribution is -2.47. The van der Waals surface area contributed by atoms with Crippen molar-refractivity contribution in [3.05, 3.63) is 83.6 Å². The van der Waals surface area contributed by atoms with E-state index in [-0.39, 0.29) is 36.6 Å². The summed E-state index contributed by atoms with van der Waals surface area (Å²) < 4.78 is 5.64. The van der Waals surface area contributed by atoms with E-state index in [1.54, 1.807) is 29.3 Å². The summed E-state index contributed by atoms with van der Waals surface area (Å²) in [5.41, 5.74) is 3.35. The van der Waals surface area contributed by atoms with E-state index >= 15 is 0 Å². The van der Waals surface area contributed by atoms with Crippen LogP contribution < -0.4 is 20.3 Å². The number of carbonyl (C=O) groups excluding carboxylic acids is 3. The van der Waals surface area contributed by atoms with Crippen LogP contribution in [0.1, 0.15) is 81.0 Å². The molecule has 8 nitrogen and oxygen atoms in total. The first kappa shape index (κ1) is 30.8. The van der Waals surface area contributed by atoms with E-state index in [1.165, 1.54) is 6.42 Å². The minimum absolute atomic E-state index is 0.0861. The van der Waals surface area contributed by atoms with Crippen LogP contribution in [0, 0.1) is 13.8 Å². The number of ether oxygens (including phenoxy) is 1. The third kappa shape index (κ3) is 8.65. The molecule has 1 saturated carbocycles. The third-order valence-electron chi connectivity index (χ3n) is 7.45. The Morgan fingerprint density at radius 1 is 0.952 bits per heavy atom. The van der Waals surface area contributed by atoms with Crippen LogP contribution in [-0.2, 0) is 14.4 Å². The van der Waals surface area contributed by atoms with Gasteiger partial charge in [-0.15, -0.1) is 0 Å². The zero-order valence-electron chi connectivity index (χ0n) is 24.9. The van der Waals surface area contributed by atoms with Gasteiger partial charge >= 0.3 is 0 Å². The fourth-order valence-electron chi connectivity index (χ4n) is 5.55. The van der Waals surface area contributed by atoms with Gasteiger partial charge in [0.2, 0.25) is 17.7 Å². The van der Waals surface area contributed by atoms with Crippen molar-refractivity contribution in [2.24, 2.45) is 0 Å². The van der Waals surface area contributed by atoms with Crippen molar-refractivity contribution in [1.29, 1.82) is 0 Å². The van der Waals surface area contributed by atoms with Crippen molar-refractivity contribution < 1.29 is 19.1 Å². The Labute approximate surface area is 248 Å². The summed E-state index contributed by atoms with van der Waals surface area (Å²) in [5.74, 6) is 0.545. The Balaban J connectivity index is 1.62. The van der Waals surface area contributed by atoms with Crippen molar-refractivity contribution in [2.75, 3.05) is 16.8 Å². The Hall–Kier alpha value is -4.20. The number of amides is 3. The van der Waals surface area contributed by atoms with E-state index in [0.717, 1.165) is 36.8 Å². The molecule has 0 radical (unpaired) electrons. The monoisotopic (exact) mass is 570 g/mol. The molecule has 8 heteroatoms. The van der Waals surface area contributed by atoms with Gasteiger partial charge in [-0.05, 0) is 93.1 Å². The molecule has 0 saturated heterocycles. The first-order valence-corrected chi connectivity index (χ1v) is 15.0. The Morgan fingerprint density at radius 2 is 1.67 bits per heavy atom. The van der Waals surface area contributed by atoms with Gasteiger partial charge in [-0.2, -0.15) is 0 Å². The average molecular weight is 571 g/mol. The van der Waals surface area contributed by atoms with Gasteiger partial charge in [-0.3, -0.25) is 19.3 Å². The second-order valence-corrected chi connectivity index (χ2v) is 11.0. The first-order chi connectivity index (χ1) is 20.3. The van der Waals surface area contributed by atoms with Crippen LogP contribution in [0.15, 0.2) is 66.9 Å². The van der Waals surface area contributed by atoms with Crippen molar-refractivity contribution in [2.45, 2.75) is 84.2 Å². The topological polar surface area (TPSA) is 101 Å². The van der Waals surface area contributed by atoms with Crippen LogP contribution in [0.2, 0.25) is 0 Å². The summed E-state index contributed by atoms with van der Waals surface area (Å²) in [5, 5.41) is 6.03. The van der Waals surface area contributed by atoms with Crippen molar-refractivity contribution in [3.8, 4) is 5.75 Å². The first-order valence-electron chi connectivity index (χ1n) is 15.0. The molecule has 0 bridgehead atoms. The second-order valence-electron chi connectivity index (χ2n) is 11.0. The Kier molecular flexibility index (Phi) is 11.1. The van der Waals surface area contributed by atoms with Gasteiger partial charge in [-0.25, -0.2) is 4.98 Å². The van der Waals surface area contributed by atoms with E-state index in [4.69, 9.17) is 4.74 Å². The van der Waals surface area contributed by atoms with E-state index in [2.05, 4.69) is 15.6 Å². The number of nitrogens with zero attached hydrogens (tertiary/aromatic N) is 2. The second kappa shape index (κ2) is 15.1. The van der Waals surface area contributed by atoms with Gasteiger partial charge in [0, 0.05) is 30.8 Å². The summed E-state index contributed by atoms with van der Waals surface area (Å²) in [4.78, 5) is 46.4. The maximum Gasteiger partial charge on any atom is 0.248 e. The Morgan fingerprint density at radius 3 is 2.31 bits per heavy atom. The third-order valence-corrected chi connectivity index (χ3v) is 7.45. The molecule has 4 rings (SSSR count). The molecule has 0 spiro atoms. The zero-order valence-corrected chi connectivity index (χ0v) is 24.9. The van der Waals surface area contributed by atoms with Gasteiger partial charge in [0.1, 0.15) is 17.6 Å². The molecule has 42 heavy (non-hydrogen) atoms. The maximum absolute atomic E-state index is 14.1. The largest absolute Gasteiger partial charge is 0.494 e. The molecule has 222 valence electrons. The smallest absolute Gasteiger partial charge is 0.248 e. The lowest BCUT2D eigenvalue weighted by Gasteiger charge is -2.34. The minimum Gasteiger partial charge on any atom is -0.494 e. The fourth-order valence-corrected chi connectivity index (χ4v) is 5.55. The number of pyridine rings is 1. The van der Waals surface area contributed by atoms with Crippen LogP contribution in [-0.4, -0.2) is 35.4 Å². The van der Waals surface area contributed by atoms with Crippen LogP contribution in [0.5, 0.6) is 5.75 Å². The van der Waals surface area contributed by atoms with E-state index < -0.39 is 6.04 Å². The molecule has 3 amide bonds. The summed E-state index contributed by atoms with van der Waals surface area (Å²) in [7, 11) is 0. The Bertz CT molecular complexity index is 1320. The molecule has 0 unspecified atom stereocenters. The fraction of sp³-hybridized carbons (Fsp3) is 0.412. The average Bonchev–Trinajstić information content (AvgIpc) is 2.97. The van der Waals surface area contributed by atoms with Crippen LogP contribution in [0.25, 0.3) is 0 Å². The SMILES string of the molecule is CCOc1ccc([C@@H](C(=O)NC2CCCCC2)N(C(=O)CCCC(=O)Nc2ccccn2)c2cc(C)cc(C)c2)cc1. The number of aromatic nitrogens is 1. The zero-order chi connectivity index (χ0) is 29.9. The number of carbonyl (C=O) groups is 3. The predicted molar refractivity (Wildman–Crippen MR) is 165 cm³/mol. The van der Waals surface area contributed by atoms with Gasteiger partial charge in [-0.1, -0.05) is 43.5 Å². The summed E-state index contributed by atoms with van der Waals surface area (Å²) in [6.45, 7) is 6.42. The molecule has 1 aromatic heterocycles. The molecule has 2 N–H and O–H groups in total. The maximum atomic E-state index is 14.1. The van der Waals surface area contributed by atoms with Crippen molar-refractivity contribution in [1.82, 2.24) is 10.3 Å². The van der Waals surface area contributed by atoms with Gasteiger partial charge < -0.3 is 15.4 Å². The highest BCUT2D eigenvalue weighted by atomic mass is 16.5. The molecule has 1 aliphatic carbocycles. The standard InChI is InChI=1S/C34H42N4O4/c1-4-42-29-18-16-26(17-19-29)33(34(41)36-27-11-6-5-7-12-27)38(28-22-24(2)21-25(3)23-28)32(40)15-10-14-31(39)37-30-13-8-9-20-35-30/h8-9,13,16-23,27,33H,4-7,10-12,14-15H2,1-3H3,(H,36,41)(H,35,37,39)/t33-/m0/s1. The van der Waals surface area contributed by atoms with Crippen molar-refractivity contribution >= 4 is 29.2 Å². The highest BCUT2D eigenvalue weighted by Crippen LogP contribution is 2.32. The van der Waals surface area contributed by atoms with E-state index in [0.29, 0.717) is 35.8 Å². The summed E-state index contributed by atoms with van der Waals surface area (Å²) in [6.07, 6.45) is 7.42. The summed E-state index contributed by atoms with van der Waals surface area (Å²) >= 11 is 0. The molecule has 1 atom stereocenters. The normalized spacial score (nSPS) is 14.1. The summed E-state index contributed by atoms with van der Waals surface area (Å²) in [6, 6.07) is 17.8. The highest BCUT2D eigenvalue weighted by Gasteiger charge is 2.34.